The second-order valence-electron chi connectivity index (χ2n) is 4.01. The van der Waals surface area contributed by atoms with Gasteiger partial charge in [0.25, 0.3) is 5.91 Å². The molecule has 0 saturated heterocycles. The minimum absolute atomic E-state index is 0.378. The summed E-state index contributed by atoms with van der Waals surface area (Å²) in [5, 5.41) is 13.7. The molecule has 1 aromatic heterocycles. The zero-order valence-electron chi connectivity index (χ0n) is 10.3. The number of aliphatic carboxylic acids is 1. The van der Waals surface area contributed by atoms with E-state index in [0.29, 0.717) is 10.4 Å². The summed E-state index contributed by atoms with van der Waals surface area (Å²) in [7, 11) is 0. The van der Waals surface area contributed by atoms with E-state index in [2.05, 4.69) is 73.1 Å². The molecule has 21 heavy (non-hydrogen) atoms. The van der Waals surface area contributed by atoms with E-state index in [-0.39, 0.29) is 5.91 Å². The van der Waals surface area contributed by atoms with Crippen LogP contribution in [0, 0.1) is 10.7 Å². The van der Waals surface area contributed by atoms with E-state index >= 15 is 0 Å². The molecule has 0 fully saturated rings. The molecule has 8 heteroatoms. The first kappa shape index (κ1) is 17.4. The predicted octanol–water partition coefficient (Wildman–Crippen LogP) is 4.12. The van der Waals surface area contributed by atoms with Gasteiger partial charge >= 0.3 is 5.97 Å². The summed E-state index contributed by atoms with van der Waals surface area (Å²) in [5.74, 6) is -1.45. The van der Waals surface area contributed by atoms with Crippen molar-refractivity contribution < 1.29 is 14.7 Å². The molecule has 2 rings (SSSR count). The Morgan fingerprint density at radius 2 is 1.95 bits per heavy atom. The fourth-order valence-electron chi connectivity index (χ4n) is 1.64. The molecule has 1 unspecified atom stereocenters. The zero-order chi connectivity index (χ0) is 15.6. The average Bonchev–Trinajstić information content (AvgIpc) is 2.93. The molecule has 0 aliphatic heterocycles. The van der Waals surface area contributed by atoms with Crippen molar-refractivity contribution in [1.82, 2.24) is 5.32 Å². The third-order valence-electron chi connectivity index (χ3n) is 2.59. The smallest absolute Gasteiger partial charge is 0.331 e. The van der Waals surface area contributed by atoms with Gasteiger partial charge < -0.3 is 10.4 Å². The fraction of sp³-hybridized carbons (Fsp3) is 0.0769. The highest BCUT2D eigenvalue weighted by Gasteiger charge is 2.25. The Morgan fingerprint density at radius 3 is 2.52 bits per heavy atom. The second kappa shape index (κ2) is 7.55. The molecule has 0 radical (unpaired) electrons. The van der Waals surface area contributed by atoms with Crippen LogP contribution in [0.5, 0.6) is 0 Å². The Bertz CT molecular complexity index is 688. The third-order valence-corrected chi connectivity index (χ3v) is 7.19. The largest absolute Gasteiger partial charge is 0.479 e. The molecule has 110 valence electrons. The van der Waals surface area contributed by atoms with Crippen LogP contribution in [0.2, 0.25) is 0 Å². The summed E-state index contributed by atoms with van der Waals surface area (Å²) >= 11 is 7.70. The maximum atomic E-state index is 12.4. The molecule has 1 aromatic carbocycles. The molecular weight excluding hydrogens is 631 g/mol. The molecule has 4 nitrogen and oxygen atoms in total. The van der Waals surface area contributed by atoms with Gasteiger partial charge in [0.2, 0.25) is 0 Å². The second-order valence-corrected chi connectivity index (χ2v) is 8.48. The number of carboxylic acids is 1. The van der Waals surface area contributed by atoms with Crippen molar-refractivity contribution in [3.8, 4) is 0 Å². The van der Waals surface area contributed by atoms with Crippen molar-refractivity contribution in [3.05, 3.63) is 50.8 Å². The summed E-state index contributed by atoms with van der Waals surface area (Å²) in [6, 6.07) is 6.16. The van der Waals surface area contributed by atoms with E-state index in [4.69, 9.17) is 0 Å². The van der Waals surface area contributed by atoms with Gasteiger partial charge in [0.15, 0.2) is 6.04 Å². The molecule has 2 aromatic rings. The number of benzene rings is 1. The number of nitrogens with one attached hydrogen (secondary N) is 1. The summed E-state index contributed by atoms with van der Waals surface area (Å²) < 4.78 is 2.72. The molecule has 0 bridgehead atoms. The van der Waals surface area contributed by atoms with E-state index in [9.17, 15) is 14.7 Å². The lowest BCUT2D eigenvalue weighted by atomic mass is 10.2. The van der Waals surface area contributed by atoms with Crippen molar-refractivity contribution in [2.45, 2.75) is 6.04 Å². The number of thiophene rings is 1. The topological polar surface area (TPSA) is 66.4 Å². The Kier molecular flexibility index (Phi) is 6.25. The number of carbonyl (C=O) groups is 2. The van der Waals surface area contributed by atoms with E-state index in [0.717, 1.165) is 10.7 Å². The highest BCUT2D eigenvalue weighted by Crippen LogP contribution is 2.24. The van der Waals surface area contributed by atoms with Crippen LogP contribution in [-0.4, -0.2) is 17.0 Å². The van der Waals surface area contributed by atoms with Crippen molar-refractivity contribution in [2.75, 3.05) is 0 Å². The summed E-state index contributed by atoms with van der Waals surface area (Å²) in [5.41, 5.74) is 0.495. The van der Waals surface area contributed by atoms with Crippen LogP contribution < -0.4 is 5.32 Å². The Balaban J connectivity index is 2.30. The van der Waals surface area contributed by atoms with Gasteiger partial charge in [0.05, 0.1) is 5.56 Å². The normalized spacial score (nSPS) is 12.0. The number of hydrogen-bond donors (Lipinski definition) is 2. The summed E-state index contributed by atoms with van der Waals surface area (Å²) in [6.07, 6.45) is 0. The van der Waals surface area contributed by atoms with Gasteiger partial charge in [-0.25, -0.2) is 4.79 Å². The lowest BCUT2D eigenvalue weighted by Gasteiger charge is -2.14. The van der Waals surface area contributed by atoms with Crippen LogP contribution in [0.15, 0.2) is 29.6 Å². The lowest BCUT2D eigenvalue weighted by molar-refractivity contribution is -0.139. The van der Waals surface area contributed by atoms with Gasteiger partial charge in [-0.1, -0.05) is 6.07 Å². The van der Waals surface area contributed by atoms with Gasteiger partial charge in [-0.15, -0.1) is 11.3 Å². The number of carbonyl (C=O) groups excluding carboxylic acids is 1. The first-order chi connectivity index (χ1) is 9.90. The van der Waals surface area contributed by atoms with Crippen LogP contribution in [0.25, 0.3) is 0 Å². The molecule has 0 spiro atoms. The SMILES string of the molecule is O=C(NC(C(=O)O)c1cccs1)c1cc(I)cc(I)c1I. The highest BCUT2D eigenvalue weighted by atomic mass is 127. The van der Waals surface area contributed by atoms with E-state index in [1.807, 2.05) is 6.07 Å². The van der Waals surface area contributed by atoms with Crippen molar-refractivity contribution >= 4 is 91.0 Å². The van der Waals surface area contributed by atoms with Crippen LogP contribution in [0.1, 0.15) is 21.3 Å². The number of hydrogen-bond acceptors (Lipinski definition) is 3. The maximum absolute atomic E-state index is 12.4. The van der Waals surface area contributed by atoms with Crippen LogP contribution in [0.4, 0.5) is 0 Å². The zero-order valence-corrected chi connectivity index (χ0v) is 17.6. The minimum Gasteiger partial charge on any atom is -0.479 e. The van der Waals surface area contributed by atoms with Gasteiger partial charge in [0.1, 0.15) is 0 Å². The quantitative estimate of drug-likeness (QED) is 0.392. The molecule has 1 heterocycles. The van der Waals surface area contributed by atoms with Crippen molar-refractivity contribution in [1.29, 1.82) is 0 Å². The first-order valence-electron chi connectivity index (χ1n) is 5.61. The van der Waals surface area contributed by atoms with Crippen LogP contribution in [0.3, 0.4) is 0 Å². The number of amides is 1. The Morgan fingerprint density at radius 1 is 1.24 bits per heavy atom. The van der Waals surface area contributed by atoms with Gasteiger partial charge in [-0.3, -0.25) is 4.79 Å². The molecule has 0 aliphatic rings. The van der Waals surface area contributed by atoms with Gasteiger partial charge in [0, 0.05) is 15.6 Å². The highest BCUT2D eigenvalue weighted by molar-refractivity contribution is 14.1. The van der Waals surface area contributed by atoms with Gasteiger partial charge in [-0.2, -0.15) is 0 Å². The Labute approximate surface area is 166 Å². The average molecular weight is 639 g/mol. The van der Waals surface area contributed by atoms with Gasteiger partial charge in [-0.05, 0) is 91.4 Å². The van der Waals surface area contributed by atoms with Crippen LogP contribution in [-0.2, 0) is 4.79 Å². The summed E-state index contributed by atoms with van der Waals surface area (Å²) in [6.45, 7) is 0. The minimum atomic E-state index is -1.07. The van der Waals surface area contributed by atoms with Crippen molar-refractivity contribution in [2.24, 2.45) is 0 Å². The molecule has 0 aliphatic carbocycles. The summed E-state index contributed by atoms with van der Waals surface area (Å²) in [4.78, 5) is 24.4. The lowest BCUT2D eigenvalue weighted by Crippen LogP contribution is -2.33. The van der Waals surface area contributed by atoms with E-state index < -0.39 is 12.0 Å². The number of carboxylic acid groups (broad SMARTS) is 1. The van der Waals surface area contributed by atoms with Crippen LogP contribution >= 0.6 is 79.1 Å². The van der Waals surface area contributed by atoms with Crippen molar-refractivity contribution in [3.63, 3.8) is 0 Å². The van der Waals surface area contributed by atoms with E-state index in [1.165, 1.54) is 11.3 Å². The molecular formula is C13H8I3NO3S. The first-order valence-corrected chi connectivity index (χ1v) is 9.73. The maximum Gasteiger partial charge on any atom is 0.331 e. The standard InChI is InChI=1S/C13H8I3NO3S/c14-6-4-7(10(16)8(15)5-6)12(18)17-11(13(19)20)9-2-1-3-21-9/h1-5,11H,(H,17,18)(H,19,20). The number of rotatable bonds is 4. The number of halogens is 3. The molecule has 0 saturated carbocycles. The molecule has 1 amide bonds. The Hall–Kier alpha value is 0.0500. The van der Waals surface area contributed by atoms with E-state index in [1.54, 1.807) is 23.6 Å². The predicted molar refractivity (Wildman–Crippen MR) is 107 cm³/mol. The molecule has 2 N–H and O–H groups in total. The third kappa shape index (κ3) is 4.28. The molecule has 1 atom stereocenters. The fourth-order valence-corrected chi connectivity index (χ4v) is 4.81. The monoisotopic (exact) mass is 639 g/mol.